The van der Waals surface area contributed by atoms with Crippen LogP contribution in [-0.2, 0) is 24.3 Å². The predicted octanol–water partition coefficient (Wildman–Crippen LogP) is 8.07. The number of aliphatic hydroxyl groups is 1. The van der Waals surface area contributed by atoms with E-state index in [2.05, 4.69) is 29.2 Å². The summed E-state index contributed by atoms with van der Waals surface area (Å²) in [6.45, 7) is 4.02. The number of fused-ring (bicyclic) bond motifs is 5. The summed E-state index contributed by atoms with van der Waals surface area (Å²) in [5.41, 5.74) is 3.00. The average Bonchev–Trinajstić information content (AvgIpc) is 3.27. The normalized spacial score (nSPS) is 32.5. The van der Waals surface area contributed by atoms with Crippen LogP contribution < -0.4 is 0 Å². The molecule has 1 aliphatic heterocycles. The van der Waals surface area contributed by atoms with Crippen molar-refractivity contribution in [3.63, 3.8) is 0 Å². The highest BCUT2D eigenvalue weighted by molar-refractivity contribution is 5.93. The van der Waals surface area contributed by atoms with Crippen molar-refractivity contribution in [3.8, 4) is 0 Å². The van der Waals surface area contributed by atoms with Gasteiger partial charge in [0.05, 0.1) is 0 Å². The van der Waals surface area contributed by atoms with E-state index in [4.69, 9.17) is 0 Å². The second kappa shape index (κ2) is 10.3. The van der Waals surface area contributed by atoms with Gasteiger partial charge in [-0.05, 0) is 96.3 Å². The maximum atomic E-state index is 15.2. The Bertz CT molecular complexity index is 1540. The van der Waals surface area contributed by atoms with Crippen LogP contribution in [0, 0.1) is 17.3 Å². The summed E-state index contributed by atoms with van der Waals surface area (Å²) in [5.74, 6) is -6.29. The first-order valence-electron chi connectivity index (χ1n) is 15.8. The van der Waals surface area contributed by atoms with Crippen LogP contribution in [-0.4, -0.2) is 40.0 Å². The van der Waals surface area contributed by atoms with Crippen molar-refractivity contribution in [1.82, 2.24) is 4.90 Å². The van der Waals surface area contributed by atoms with Gasteiger partial charge in [-0.3, -0.25) is 9.69 Å². The lowest BCUT2D eigenvalue weighted by molar-refractivity contribution is -0.362. The molecule has 0 spiro atoms. The fourth-order valence-corrected chi connectivity index (χ4v) is 9.52. The molecule has 8 heteroatoms. The molecule has 0 aromatic heterocycles. The van der Waals surface area contributed by atoms with Crippen LogP contribution in [0.15, 0.2) is 71.3 Å². The van der Waals surface area contributed by atoms with E-state index >= 15 is 8.78 Å². The lowest BCUT2D eigenvalue weighted by Crippen LogP contribution is -2.65. The van der Waals surface area contributed by atoms with Crippen molar-refractivity contribution in [1.29, 1.82) is 0 Å². The second-order valence-corrected chi connectivity index (χ2v) is 13.9. The first-order chi connectivity index (χ1) is 20.8. The highest BCUT2D eigenvalue weighted by atomic mass is 19.4. The van der Waals surface area contributed by atoms with Crippen LogP contribution in [0.2, 0.25) is 0 Å². The third-order valence-electron chi connectivity index (χ3n) is 11.8. The summed E-state index contributed by atoms with van der Waals surface area (Å²) in [5, 5.41) is 11.5. The molecule has 5 aliphatic rings. The quantitative estimate of drug-likeness (QED) is 0.356. The Labute approximate surface area is 254 Å². The molecule has 3 nitrogen and oxygen atoms in total. The number of carbonyl (C=O) groups excluding carboxylic acids is 1. The minimum atomic E-state index is -5.85. The van der Waals surface area contributed by atoms with E-state index in [1.54, 1.807) is 6.08 Å². The summed E-state index contributed by atoms with van der Waals surface area (Å²) in [6.07, 6.45) is -1.53. The highest BCUT2D eigenvalue weighted by Gasteiger charge is 2.79. The molecular formula is C36H38F5NO2. The number of alkyl halides is 5. The van der Waals surface area contributed by atoms with Crippen molar-refractivity contribution in [2.75, 3.05) is 6.54 Å². The maximum absolute atomic E-state index is 15.2. The first kappa shape index (κ1) is 29.8. The van der Waals surface area contributed by atoms with E-state index in [1.165, 1.54) is 18.1 Å². The van der Waals surface area contributed by atoms with E-state index in [0.29, 0.717) is 25.7 Å². The third-order valence-corrected chi connectivity index (χ3v) is 11.8. The predicted molar refractivity (Wildman–Crippen MR) is 157 cm³/mol. The maximum Gasteiger partial charge on any atom is 0.456 e. The Kier molecular flexibility index (Phi) is 7.02. The Morgan fingerprint density at radius 3 is 2.39 bits per heavy atom. The SMILES string of the molecule is C[C@]12C[C@H](c3ccc(CN4CCc5ccccc5C4)cc3)C3=C4CCC(=O)C=C4CC[C@H]3[C@@H]1CC[C@]2(O)C(F)(F)C(F)(F)F. The van der Waals surface area contributed by atoms with Gasteiger partial charge in [0.15, 0.2) is 5.78 Å². The average molecular weight is 612 g/mol. The summed E-state index contributed by atoms with van der Waals surface area (Å²) in [4.78, 5) is 14.7. The molecule has 0 radical (unpaired) electrons. The largest absolute Gasteiger partial charge is 0.456 e. The van der Waals surface area contributed by atoms with Gasteiger partial charge in [0.2, 0.25) is 0 Å². The zero-order valence-electron chi connectivity index (χ0n) is 24.9. The lowest BCUT2D eigenvalue weighted by atomic mass is 9.50. The number of halogens is 5. The molecule has 1 heterocycles. The minimum Gasteiger partial charge on any atom is -0.383 e. The number of rotatable bonds is 4. The number of allylic oxidation sites excluding steroid dienone is 4. The molecule has 1 N–H and O–H groups in total. The molecule has 2 saturated carbocycles. The summed E-state index contributed by atoms with van der Waals surface area (Å²) in [6, 6.07) is 16.5. The number of nitrogens with zero attached hydrogens (tertiary/aromatic N) is 1. The Morgan fingerprint density at radius 1 is 0.932 bits per heavy atom. The van der Waals surface area contributed by atoms with Crippen molar-refractivity contribution in [2.45, 2.75) is 95.0 Å². The van der Waals surface area contributed by atoms with E-state index in [1.807, 2.05) is 24.3 Å². The van der Waals surface area contributed by atoms with Crippen molar-refractivity contribution >= 4 is 5.78 Å². The smallest absolute Gasteiger partial charge is 0.383 e. The molecule has 2 fully saturated rings. The second-order valence-electron chi connectivity index (χ2n) is 13.9. The fourth-order valence-electron chi connectivity index (χ4n) is 9.52. The van der Waals surface area contributed by atoms with Gasteiger partial charge in [-0.1, -0.05) is 61.0 Å². The first-order valence-corrected chi connectivity index (χ1v) is 15.8. The Morgan fingerprint density at radius 2 is 1.66 bits per heavy atom. The lowest BCUT2D eigenvalue weighted by Gasteiger charge is -2.56. The molecule has 44 heavy (non-hydrogen) atoms. The number of ketones is 1. The summed E-state index contributed by atoms with van der Waals surface area (Å²) >= 11 is 0. The van der Waals surface area contributed by atoms with Gasteiger partial charge in [-0.25, -0.2) is 0 Å². The number of hydrogen-bond donors (Lipinski definition) is 1. The minimum absolute atomic E-state index is 0.00134. The van der Waals surface area contributed by atoms with E-state index < -0.39 is 41.4 Å². The molecule has 2 aromatic rings. The monoisotopic (exact) mass is 611 g/mol. The molecule has 2 aromatic carbocycles. The van der Waals surface area contributed by atoms with E-state index in [9.17, 15) is 23.1 Å². The van der Waals surface area contributed by atoms with Crippen LogP contribution in [0.4, 0.5) is 22.0 Å². The molecule has 7 rings (SSSR count). The van der Waals surface area contributed by atoms with Gasteiger partial charge in [0, 0.05) is 37.4 Å². The van der Waals surface area contributed by atoms with Crippen molar-refractivity contribution in [3.05, 3.63) is 93.6 Å². The molecule has 0 amide bonds. The molecule has 5 atom stereocenters. The van der Waals surface area contributed by atoms with Crippen LogP contribution in [0.25, 0.3) is 0 Å². The summed E-state index contributed by atoms with van der Waals surface area (Å²) in [7, 11) is 0. The van der Waals surface area contributed by atoms with Crippen LogP contribution in [0.3, 0.4) is 0 Å². The third kappa shape index (κ3) is 4.45. The van der Waals surface area contributed by atoms with Gasteiger partial charge in [-0.15, -0.1) is 0 Å². The standard InChI is InChI=1S/C36H38F5NO2/c1-33-19-30(24-8-6-22(7-9-24)20-42-17-15-23-4-2-3-5-26(23)21-42)32-28-13-11-27(43)18-25(28)10-12-29(32)31(33)14-16-34(33,44)35(37,38)36(39,40)41/h2-9,18,29-31,44H,10-17,19-21H2,1H3/t29-,30+,31-,33-,34+/m0/s1. The van der Waals surface area contributed by atoms with E-state index in [0.717, 1.165) is 53.9 Å². The van der Waals surface area contributed by atoms with Crippen LogP contribution in [0.5, 0.6) is 0 Å². The van der Waals surface area contributed by atoms with Gasteiger partial charge in [0.25, 0.3) is 0 Å². The van der Waals surface area contributed by atoms with Crippen molar-refractivity contribution < 1.29 is 31.9 Å². The Hall–Kier alpha value is -2.84. The zero-order valence-corrected chi connectivity index (χ0v) is 24.9. The van der Waals surface area contributed by atoms with Crippen molar-refractivity contribution in [2.24, 2.45) is 17.3 Å². The number of hydrogen-bond acceptors (Lipinski definition) is 3. The molecule has 0 saturated heterocycles. The topological polar surface area (TPSA) is 40.5 Å². The van der Waals surface area contributed by atoms with Gasteiger partial charge in [0.1, 0.15) is 5.60 Å². The Balaban J connectivity index is 1.25. The zero-order chi connectivity index (χ0) is 31.1. The highest BCUT2D eigenvalue weighted by Crippen LogP contribution is 2.70. The molecule has 4 aliphatic carbocycles. The van der Waals surface area contributed by atoms with Gasteiger partial charge in [-0.2, -0.15) is 22.0 Å². The fraction of sp³-hybridized carbons (Fsp3) is 0.528. The number of carbonyl (C=O) groups is 1. The molecule has 0 unspecified atom stereocenters. The number of benzene rings is 2. The molecule has 0 bridgehead atoms. The molecular weight excluding hydrogens is 573 g/mol. The van der Waals surface area contributed by atoms with Crippen LogP contribution >= 0.6 is 0 Å². The summed E-state index contributed by atoms with van der Waals surface area (Å²) < 4.78 is 71.9. The van der Waals surface area contributed by atoms with Gasteiger partial charge < -0.3 is 5.11 Å². The van der Waals surface area contributed by atoms with E-state index in [-0.39, 0.29) is 24.5 Å². The van der Waals surface area contributed by atoms with Gasteiger partial charge >= 0.3 is 12.1 Å². The van der Waals surface area contributed by atoms with Crippen LogP contribution in [0.1, 0.15) is 80.0 Å². The molecule has 234 valence electrons.